The number of aromatic nitrogens is 1. The Morgan fingerprint density at radius 3 is 2.30 bits per heavy atom. The highest BCUT2D eigenvalue weighted by Crippen LogP contribution is 2.26. The molecule has 1 saturated heterocycles. The van der Waals surface area contributed by atoms with E-state index >= 15 is 0 Å². The quantitative estimate of drug-likeness (QED) is 0.766. The zero-order chi connectivity index (χ0) is 19.6. The van der Waals surface area contributed by atoms with Gasteiger partial charge in [0.15, 0.2) is 0 Å². The molecule has 3 rings (SSSR count). The van der Waals surface area contributed by atoms with E-state index < -0.39 is 10.0 Å². The van der Waals surface area contributed by atoms with Gasteiger partial charge in [-0.15, -0.1) is 0 Å². The summed E-state index contributed by atoms with van der Waals surface area (Å²) in [5, 5.41) is 2.69. The van der Waals surface area contributed by atoms with Gasteiger partial charge >= 0.3 is 0 Å². The molecule has 1 amide bonds. The van der Waals surface area contributed by atoms with Gasteiger partial charge in [-0.3, -0.25) is 4.79 Å². The van der Waals surface area contributed by atoms with Gasteiger partial charge in [-0.25, -0.2) is 13.4 Å². The van der Waals surface area contributed by atoms with Crippen LogP contribution in [-0.4, -0.2) is 36.7 Å². The highest BCUT2D eigenvalue weighted by Gasteiger charge is 2.31. The Morgan fingerprint density at radius 2 is 1.74 bits per heavy atom. The van der Waals surface area contributed by atoms with Crippen LogP contribution in [0.4, 0.5) is 5.82 Å². The van der Waals surface area contributed by atoms with Crippen molar-refractivity contribution in [1.82, 2.24) is 9.29 Å². The van der Waals surface area contributed by atoms with Crippen molar-refractivity contribution in [3.05, 3.63) is 52.6 Å². The van der Waals surface area contributed by atoms with Gasteiger partial charge in [-0.1, -0.05) is 13.8 Å². The lowest BCUT2D eigenvalue weighted by atomic mass is 9.94. The van der Waals surface area contributed by atoms with Crippen molar-refractivity contribution < 1.29 is 13.2 Å². The van der Waals surface area contributed by atoms with Crippen molar-refractivity contribution in [3.8, 4) is 0 Å². The highest BCUT2D eigenvalue weighted by molar-refractivity contribution is 9.10. The van der Waals surface area contributed by atoms with Crippen LogP contribution in [-0.2, 0) is 10.0 Å². The molecule has 2 aromatic rings. The first kappa shape index (κ1) is 20.0. The van der Waals surface area contributed by atoms with E-state index in [1.165, 1.54) is 24.3 Å². The SMILES string of the molecule is CC1CC(C)CN(S(=O)(=O)c2ccc(C(=O)Nc3ccc(Br)cn3)cc2)C1. The minimum Gasteiger partial charge on any atom is -0.307 e. The molecule has 1 fully saturated rings. The average Bonchev–Trinajstić information content (AvgIpc) is 2.63. The number of rotatable bonds is 4. The Balaban J connectivity index is 1.74. The van der Waals surface area contributed by atoms with Gasteiger partial charge in [-0.05, 0) is 70.6 Å². The third-order valence-corrected chi connectivity index (χ3v) is 6.87. The fraction of sp³-hybridized carbons (Fsp3) is 0.368. The van der Waals surface area contributed by atoms with Crippen LogP contribution < -0.4 is 5.32 Å². The van der Waals surface area contributed by atoms with Crippen molar-refractivity contribution >= 4 is 37.7 Å². The summed E-state index contributed by atoms with van der Waals surface area (Å²) < 4.78 is 28.2. The van der Waals surface area contributed by atoms with Crippen molar-refractivity contribution in [2.24, 2.45) is 11.8 Å². The number of carbonyl (C=O) groups excluding carboxylic acids is 1. The van der Waals surface area contributed by atoms with Crippen molar-refractivity contribution in [3.63, 3.8) is 0 Å². The first-order valence-corrected chi connectivity index (χ1v) is 11.0. The number of piperidine rings is 1. The van der Waals surface area contributed by atoms with E-state index in [1.807, 2.05) is 0 Å². The second kappa shape index (κ2) is 8.08. The summed E-state index contributed by atoms with van der Waals surface area (Å²) >= 11 is 3.29. The molecule has 0 spiro atoms. The minimum atomic E-state index is -3.55. The summed E-state index contributed by atoms with van der Waals surface area (Å²) in [4.78, 5) is 16.6. The molecule has 0 saturated carbocycles. The number of nitrogens with zero attached hydrogens (tertiary/aromatic N) is 2. The number of hydrogen-bond donors (Lipinski definition) is 1. The second-order valence-corrected chi connectivity index (χ2v) is 9.96. The molecular formula is C19H22BrN3O3S. The first-order chi connectivity index (χ1) is 12.8. The zero-order valence-electron chi connectivity index (χ0n) is 15.2. The molecule has 27 heavy (non-hydrogen) atoms. The van der Waals surface area contributed by atoms with E-state index in [4.69, 9.17) is 0 Å². The van der Waals surface area contributed by atoms with Crippen LogP contribution in [0.15, 0.2) is 52.0 Å². The first-order valence-electron chi connectivity index (χ1n) is 8.79. The molecule has 0 radical (unpaired) electrons. The zero-order valence-corrected chi connectivity index (χ0v) is 17.6. The molecule has 0 aliphatic carbocycles. The van der Waals surface area contributed by atoms with Gasteiger partial charge in [-0.2, -0.15) is 4.31 Å². The average molecular weight is 452 g/mol. The fourth-order valence-corrected chi connectivity index (χ4v) is 5.28. The third kappa shape index (κ3) is 4.75. The normalized spacial score (nSPS) is 21.0. The summed E-state index contributed by atoms with van der Waals surface area (Å²) in [6, 6.07) is 9.49. The van der Waals surface area contributed by atoms with E-state index in [2.05, 4.69) is 40.1 Å². The number of anilines is 1. The molecular weight excluding hydrogens is 430 g/mol. The Bertz CT molecular complexity index is 904. The summed E-state index contributed by atoms with van der Waals surface area (Å²) in [5.74, 6) is 0.768. The molecule has 2 heterocycles. The molecule has 144 valence electrons. The Kier molecular flexibility index (Phi) is 5.98. The molecule has 0 bridgehead atoms. The largest absolute Gasteiger partial charge is 0.307 e. The van der Waals surface area contributed by atoms with Crippen molar-refractivity contribution in [1.29, 1.82) is 0 Å². The summed E-state index contributed by atoms with van der Waals surface area (Å²) in [6.45, 7) is 5.21. The molecule has 2 atom stereocenters. The maximum atomic E-state index is 12.9. The Hall–Kier alpha value is -1.77. The lowest BCUT2D eigenvalue weighted by Gasteiger charge is -2.34. The van der Waals surface area contributed by atoms with E-state index in [-0.39, 0.29) is 10.8 Å². The monoisotopic (exact) mass is 451 g/mol. The topological polar surface area (TPSA) is 79.4 Å². The molecule has 1 aromatic heterocycles. The van der Waals surface area contributed by atoms with E-state index in [1.54, 1.807) is 22.6 Å². The van der Waals surface area contributed by atoms with Crippen LogP contribution in [0.25, 0.3) is 0 Å². The number of pyridine rings is 1. The number of hydrogen-bond acceptors (Lipinski definition) is 4. The second-order valence-electron chi connectivity index (χ2n) is 7.11. The molecule has 8 heteroatoms. The summed E-state index contributed by atoms with van der Waals surface area (Å²) in [7, 11) is -3.55. The lowest BCUT2D eigenvalue weighted by molar-refractivity contribution is 0.102. The van der Waals surface area contributed by atoms with Crippen LogP contribution in [0.5, 0.6) is 0 Å². The maximum absolute atomic E-state index is 12.9. The predicted octanol–water partition coefficient (Wildman–Crippen LogP) is 3.76. The standard InChI is InChI=1S/C19H22BrN3O3S/c1-13-9-14(2)12-23(11-13)27(25,26)17-6-3-15(4-7-17)19(24)22-18-8-5-16(20)10-21-18/h3-8,10,13-14H,9,11-12H2,1-2H3,(H,21,22,24). The van der Waals surface area contributed by atoms with Gasteiger partial charge in [0.25, 0.3) is 5.91 Å². The molecule has 1 N–H and O–H groups in total. The fourth-order valence-electron chi connectivity index (χ4n) is 3.37. The number of halogens is 1. The maximum Gasteiger partial charge on any atom is 0.256 e. The van der Waals surface area contributed by atoms with Gasteiger partial charge in [0, 0.05) is 29.3 Å². The van der Waals surface area contributed by atoms with E-state index in [9.17, 15) is 13.2 Å². The molecule has 1 aliphatic rings. The summed E-state index contributed by atoms with van der Waals surface area (Å²) in [5.41, 5.74) is 0.374. The van der Waals surface area contributed by atoms with Crippen LogP contribution in [0, 0.1) is 11.8 Å². The number of sulfonamides is 1. The third-order valence-electron chi connectivity index (χ3n) is 4.56. The molecule has 1 aromatic carbocycles. The van der Waals surface area contributed by atoms with Gasteiger partial charge in [0.1, 0.15) is 5.82 Å². The Morgan fingerprint density at radius 1 is 1.11 bits per heavy atom. The minimum absolute atomic E-state index is 0.210. The number of amides is 1. The van der Waals surface area contributed by atoms with Crippen molar-refractivity contribution in [2.75, 3.05) is 18.4 Å². The number of nitrogens with one attached hydrogen (secondary N) is 1. The van der Waals surface area contributed by atoms with Crippen LogP contribution in [0.2, 0.25) is 0 Å². The molecule has 6 nitrogen and oxygen atoms in total. The molecule has 2 unspecified atom stereocenters. The lowest BCUT2D eigenvalue weighted by Crippen LogP contribution is -2.42. The summed E-state index contributed by atoms with van der Waals surface area (Å²) in [6.07, 6.45) is 2.63. The van der Waals surface area contributed by atoms with Crippen LogP contribution >= 0.6 is 15.9 Å². The Labute approximate surface area is 168 Å². The smallest absolute Gasteiger partial charge is 0.256 e. The van der Waals surface area contributed by atoms with Gasteiger partial charge < -0.3 is 5.32 Å². The van der Waals surface area contributed by atoms with E-state index in [0.717, 1.165) is 10.9 Å². The van der Waals surface area contributed by atoms with Gasteiger partial charge in [0.05, 0.1) is 4.90 Å². The number of benzene rings is 1. The van der Waals surface area contributed by atoms with Crippen LogP contribution in [0.3, 0.4) is 0 Å². The van der Waals surface area contributed by atoms with Crippen LogP contribution in [0.1, 0.15) is 30.6 Å². The van der Waals surface area contributed by atoms with Crippen molar-refractivity contribution in [2.45, 2.75) is 25.2 Å². The number of carbonyl (C=O) groups is 1. The highest BCUT2D eigenvalue weighted by atomic mass is 79.9. The molecule has 1 aliphatic heterocycles. The van der Waals surface area contributed by atoms with E-state index in [0.29, 0.717) is 36.3 Å². The predicted molar refractivity (Wildman–Crippen MR) is 108 cm³/mol. The van der Waals surface area contributed by atoms with Gasteiger partial charge in [0.2, 0.25) is 10.0 Å².